The zero-order valence-electron chi connectivity index (χ0n) is 12.8. The molecule has 0 unspecified atom stereocenters. The van der Waals surface area contributed by atoms with Crippen molar-refractivity contribution >= 4 is 64.2 Å². The molecular formula is C20H16Br2. The second-order valence-corrected chi connectivity index (χ2v) is 8.70. The fraction of sp³-hybridized carbons (Fsp3) is 0.200. The van der Waals surface area contributed by atoms with Crippen LogP contribution in [0, 0.1) is 0 Å². The van der Waals surface area contributed by atoms with Crippen molar-refractivity contribution in [2.24, 2.45) is 0 Å². The van der Waals surface area contributed by atoms with Gasteiger partial charge in [0.2, 0.25) is 0 Å². The Bertz CT molecular complexity index is 953. The molecule has 0 saturated heterocycles. The van der Waals surface area contributed by atoms with Gasteiger partial charge in [0.25, 0.3) is 0 Å². The molecular weight excluding hydrogens is 400 g/mol. The van der Waals surface area contributed by atoms with Crippen molar-refractivity contribution in [2.75, 3.05) is 0 Å². The Morgan fingerprint density at radius 1 is 0.682 bits per heavy atom. The van der Waals surface area contributed by atoms with E-state index in [9.17, 15) is 0 Å². The summed E-state index contributed by atoms with van der Waals surface area (Å²) in [6, 6.07) is 15.8. The summed E-state index contributed by atoms with van der Waals surface area (Å²) >= 11 is 7.42. The summed E-state index contributed by atoms with van der Waals surface area (Å²) in [4.78, 5) is 0. The van der Waals surface area contributed by atoms with Crippen molar-refractivity contribution in [1.29, 1.82) is 0 Å². The Hall–Kier alpha value is -1.12. The van der Waals surface area contributed by atoms with E-state index in [-0.39, 0.29) is 5.41 Å². The molecule has 2 heteroatoms. The highest BCUT2D eigenvalue weighted by Crippen LogP contribution is 2.42. The lowest BCUT2D eigenvalue weighted by Crippen LogP contribution is -2.10. The topological polar surface area (TPSA) is 0 Å². The van der Waals surface area contributed by atoms with Crippen molar-refractivity contribution in [3.8, 4) is 0 Å². The van der Waals surface area contributed by atoms with E-state index in [0.29, 0.717) is 0 Å². The SMILES string of the molecule is CC(C)(C)c1cc2ccc3c(Br)cc(Br)c4ccc(c1)c2c34. The van der Waals surface area contributed by atoms with Gasteiger partial charge in [0.05, 0.1) is 0 Å². The largest absolute Gasteiger partial charge is 0.0561 e. The zero-order chi connectivity index (χ0) is 15.6. The maximum atomic E-state index is 3.71. The molecule has 0 heterocycles. The van der Waals surface area contributed by atoms with Crippen LogP contribution in [0.2, 0.25) is 0 Å². The van der Waals surface area contributed by atoms with Crippen molar-refractivity contribution in [3.05, 3.63) is 57.0 Å². The average molecular weight is 416 g/mol. The van der Waals surface area contributed by atoms with Crippen LogP contribution in [0.1, 0.15) is 26.3 Å². The predicted octanol–water partition coefficient (Wildman–Crippen LogP) is 7.41. The highest BCUT2D eigenvalue weighted by Gasteiger charge is 2.18. The molecule has 110 valence electrons. The van der Waals surface area contributed by atoms with E-state index in [4.69, 9.17) is 0 Å². The van der Waals surface area contributed by atoms with E-state index >= 15 is 0 Å². The third kappa shape index (κ3) is 2.00. The van der Waals surface area contributed by atoms with Crippen LogP contribution >= 0.6 is 31.9 Å². The van der Waals surface area contributed by atoms with E-state index in [1.807, 2.05) is 0 Å². The van der Waals surface area contributed by atoms with E-state index in [1.54, 1.807) is 0 Å². The van der Waals surface area contributed by atoms with Crippen LogP contribution in [0.15, 0.2) is 51.4 Å². The van der Waals surface area contributed by atoms with Gasteiger partial charge in [0.15, 0.2) is 0 Å². The van der Waals surface area contributed by atoms with E-state index < -0.39 is 0 Å². The second-order valence-electron chi connectivity index (χ2n) is 6.99. The Kier molecular flexibility index (Phi) is 3.08. The van der Waals surface area contributed by atoms with Gasteiger partial charge in [-0.3, -0.25) is 0 Å². The third-order valence-corrected chi connectivity index (χ3v) is 5.79. The minimum Gasteiger partial charge on any atom is -0.0561 e. The summed E-state index contributed by atoms with van der Waals surface area (Å²) in [5.74, 6) is 0. The molecule has 0 aliphatic rings. The molecule has 0 radical (unpaired) electrons. The van der Waals surface area contributed by atoms with Crippen LogP contribution in [0.25, 0.3) is 32.3 Å². The molecule has 0 atom stereocenters. The summed E-state index contributed by atoms with van der Waals surface area (Å²) in [6.07, 6.45) is 0. The highest BCUT2D eigenvalue weighted by molar-refractivity contribution is 9.11. The Morgan fingerprint density at radius 3 is 1.64 bits per heavy atom. The average Bonchev–Trinajstić information content (AvgIpc) is 2.45. The molecule has 0 bridgehead atoms. The Balaban J connectivity index is 2.27. The van der Waals surface area contributed by atoms with Crippen LogP contribution in [0.5, 0.6) is 0 Å². The van der Waals surface area contributed by atoms with Gasteiger partial charge in [-0.15, -0.1) is 0 Å². The van der Waals surface area contributed by atoms with Crippen molar-refractivity contribution < 1.29 is 0 Å². The smallest absolute Gasteiger partial charge is 0.0265 e. The summed E-state index contributed by atoms with van der Waals surface area (Å²) < 4.78 is 2.28. The van der Waals surface area contributed by atoms with Crippen molar-refractivity contribution in [2.45, 2.75) is 26.2 Å². The molecule has 4 rings (SSSR count). The van der Waals surface area contributed by atoms with Crippen LogP contribution < -0.4 is 0 Å². The molecule has 4 aromatic rings. The monoisotopic (exact) mass is 414 g/mol. The van der Waals surface area contributed by atoms with Crippen molar-refractivity contribution in [3.63, 3.8) is 0 Å². The number of halogens is 2. The van der Waals surface area contributed by atoms with Gasteiger partial charge in [0.1, 0.15) is 0 Å². The maximum Gasteiger partial charge on any atom is 0.0265 e. The van der Waals surface area contributed by atoms with Gasteiger partial charge in [-0.25, -0.2) is 0 Å². The molecule has 0 aromatic heterocycles. The summed E-state index contributed by atoms with van der Waals surface area (Å²) in [7, 11) is 0. The highest BCUT2D eigenvalue weighted by atomic mass is 79.9. The minimum absolute atomic E-state index is 0.158. The predicted molar refractivity (Wildman–Crippen MR) is 104 cm³/mol. The fourth-order valence-electron chi connectivity index (χ4n) is 3.26. The molecule has 0 N–H and O–H groups in total. The lowest BCUT2D eigenvalue weighted by Gasteiger charge is -2.21. The molecule has 0 aliphatic carbocycles. The second kappa shape index (κ2) is 4.69. The molecule has 0 spiro atoms. The van der Waals surface area contributed by atoms with Crippen LogP contribution in [-0.2, 0) is 5.41 Å². The van der Waals surface area contributed by atoms with E-state index in [2.05, 4.69) is 95.1 Å². The van der Waals surface area contributed by atoms with Gasteiger partial charge < -0.3 is 0 Å². The molecule has 0 amide bonds. The standard InChI is InChI=1S/C20H16Br2/c1-20(2,3)13-8-11-4-6-14-16(21)10-17(22)15-7-5-12(9-13)18(11)19(14)15/h4-10H,1-3H3. The van der Waals surface area contributed by atoms with Gasteiger partial charge >= 0.3 is 0 Å². The van der Waals surface area contributed by atoms with Crippen LogP contribution in [0.4, 0.5) is 0 Å². The van der Waals surface area contributed by atoms with E-state index in [1.165, 1.54) is 37.9 Å². The first-order valence-electron chi connectivity index (χ1n) is 7.43. The van der Waals surface area contributed by atoms with Crippen LogP contribution in [-0.4, -0.2) is 0 Å². The lowest BCUT2D eigenvalue weighted by molar-refractivity contribution is 0.591. The molecule has 0 fully saturated rings. The van der Waals surface area contributed by atoms with Gasteiger partial charge in [-0.2, -0.15) is 0 Å². The Labute approximate surface area is 147 Å². The zero-order valence-corrected chi connectivity index (χ0v) is 16.0. The maximum absolute atomic E-state index is 3.71. The molecule has 0 nitrogen and oxygen atoms in total. The first kappa shape index (κ1) is 14.5. The summed E-state index contributed by atoms with van der Waals surface area (Å²) in [5, 5.41) is 7.91. The number of benzene rings is 4. The molecule has 4 aromatic carbocycles. The minimum atomic E-state index is 0.158. The number of rotatable bonds is 0. The molecule has 0 aliphatic heterocycles. The number of hydrogen-bond donors (Lipinski definition) is 0. The van der Waals surface area contributed by atoms with Crippen molar-refractivity contribution in [1.82, 2.24) is 0 Å². The summed E-state index contributed by atoms with van der Waals surface area (Å²) in [5.41, 5.74) is 1.54. The van der Waals surface area contributed by atoms with Gasteiger partial charge in [-0.05, 0) is 49.4 Å². The normalized spacial score (nSPS) is 12.8. The number of hydrogen-bond acceptors (Lipinski definition) is 0. The first-order valence-corrected chi connectivity index (χ1v) is 9.02. The van der Waals surface area contributed by atoms with E-state index in [0.717, 1.165) is 8.95 Å². The fourth-order valence-corrected chi connectivity index (χ4v) is 4.69. The molecule has 22 heavy (non-hydrogen) atoms. The first-order chi connectivity index (χ1) is 10.4. The summed E-state index contributed by atoms with van der Waals surface area (Å²) in [6.45, 7) is 6.81. The third-order valence-electron chi connectivity index (χ3n) is 4.48. The molecule has 0 saturated carbocycles. The van der Waals surface area contributed by atoms with Gasteiger partial charge in [0, 0.05) is 8.95 Å². The quantitative estimate of drug-likeness (QED) is 0.262. The van der Waals surface area contributed by atoms with Crippen LogP contribution in [0.3, 0.4) is 0 Å². The lowest BCUT2D eigenvalue weighted by atomic mass is 9.83. The van der Waals surface area contributed by atoms with Gasteiger partial charge in [-0.1, -0.05) is 89.0 Å². The Morgan fingerprint density at radius 2 is 1.18 bits per heavy atom.